The van der Waals surface area contributed by atoms with E-state index in [1.807, 2.05) is 13.1 Å². The quantitative estimate of drug-likeness (QED) is 0.842. The molecule has 1 rings (SSSR count). The van der Waals surface area contributed by atoms with Crippen molar-refractivity contribution in [3.8, 4) is 0 Å². The summed E-state index contributed by atoms with van der Waals surface area (Å²) in [6.07, 6.45) is 0. The van der Waals surface area contributed by atoms with E-state index >= 15 is 0 Å². The van der Waals surface area contributed by atoms with Gasteiger partial charge in [0, 0.05) is 27.2 Å². The molecule has 1 aromatic heterocycles. The first-order valence-corrected chi connectivity index (χ1v) is 7.46. The van der Waals surface area contributed by atoms with E-state index < -0.39 is 0 Å². The highest BCUT2D eigenvalue weighted by Crippen LogP contribution is 2.22. The van der Waals surface area contributed by atoms with Gasteiger partial charge in [-0.15, -0.1) is 11.3 Å². The zero-order valence-corrected chi connectivity index (χ0v) is 13.7. The molecule has 0 fully saturated rings. The zero-order chi connectivity index (χ0) is 14.4. The summed E-state index contributed by atoms with van der Waals surface area (Å²) in [7, 11) is 5.21. The number of carbonyl (C=O) groups excluding carboxylic acids is 2. The van der Waals surface area contributed by atoms with E-state index in [0.29, 0.717) is 11.4 Å². The highest BCUT2D eigenvalue weighted by molar-refractivity contribution is 9.11. The van der Waals surface area contributed by atoms with Crippen LogP contribution in [0.15, 0.2) is 15.9 Å². The second-order valence-corrected chi connectivity index (χ2v) is 6.65. The molecule has 5 nitrogen and oxygen atoms in total. The first kappa shape index (κ1) is 16.1. The van der Waals surface area contributed by atoms with Gasteiger partial charge in [-0.3, -0.25) is 9.59 Å². The highest BCUT2D eigenvalue weighted by atomic mass is 79.9. The molecule has 1 aromatic rings. The maximum Gasteiger partial charge on any atom is 0.264 e. The SMILES string of the molecule is CNCCN(C)C(=O)CN(C)C(=O)c1ccc(Br)s1. The maximum atomic E-state index is 12.1. The summed E-state index contributed by atoms with van der Waals surface area (Å²) in [6, 6.07) is 3.58. The van der Waals surface area contributed by atoms with E-state index in [9.17, 15) is 9.59 Å². The first-order chi connectivity index (χ1) is 8.95. The summed E-state index contributed by atoms with van der Waals surface area (Å²) < 4.78 is 0.904. The van der Waals surface area contributed by atoms with E-state index in [1.165, 1.54) is 16.2 Å². The molecular weight excluding hydrogens is 330 g/mol. The van der Waals surface area contributed by atoms with Gasteiger partial charge in [0.25, 0.3) is 5.91 Å². The van der Waals surface area contributed by atoms with E-state index in [4.69, 9.17) is 0 Å². The van der Waals surface area contributed by atoms with Crippen molar-refractivity contribution in [3.05, 3.63) is 20.8 Å². The smallest absolute Gasteiger partial charge is 0.264 e. The number of nitrogens with zero attached hydrogens (tertiary/aromatic N) is 2. The number of hydrogen-bond acceptors (Lipinski definition) is 4. The minimum Gasteiger partial charge on any atom is -0.343 e. The van der Waals surface area contributed by atoms with Crippen molar-refractivity contribution in [3.63, 3.8) is 0 Å². The predicted molar refractivity (Wildman–Crippen MR) is 80.5 cm³/mol. The molecule has 19 heavy (non-hydrogen) atoms. The highest BCUT2D eigenvalue weighted by Gasteiger charge is 2.18. The summed E-state index contributed by atoms with van der Waals surface area (Å²) in [5, 5.41) is 2.98. The minimum atomic E-state index is -0.133. The normalized spacial score (nSPS) is 10.3. The van der Waals surface area contributed by atoms with Crippen molar-refractivity contribution in [2.45, 2.75) is 0 Å². The number of thiophene rings is 1. The van der Waals surface area contributed by atoms with Crippen LogP contribution in [0.4, 0.5) is 0 Å². The minimum absolute atomic E-state index is 0.0679. The third-order valence-corrected chi connectivity index (χ3v) is 4.24. The number of hydrogen-bond donors (Lipinski definition) is 1. The Balaban J connectivity index is 2.52. The molecule has 2 amide bonds. The van der Waals surface area contributed by atoms with Gasteiger partial charge in [-0.25, -0.2) is 0 Å². The second kappa shape index (κ2) is 7.62. The van der Waals surface area contributed by atoms with Crippen molar-refractivity contribution in [1.82, 2.24) is 15.1 Å². The van der Waals surface area contributed by atoms with Crippen LogP contribution in [0.3, 0.4) is 0 Å². The van der Waals surface area contributed by atoms with E-state index in [0.717, 1.165) is 10.3 Å². The molecule has 0 unspecified atom stereocenters. The lowest BCUT2D eigenvalue weighted by Gasteiger charge is -2.21. The molecule has 0 aliphatic heterocycles. The average Bonchev–Trinajstić information content (AvgIpc) is 2.81. The Morgan fingerprint density at radius 3 is 2.53 bits per heavy atom. The van der Waals surface area contributed by atoms with Crippen molar-refractivity contribution in [2.24, 2.45) is 0 Å². The van der Waals surface area contributed by atoms with Crippen LogP contribution in [-0.2, 0) is 4.79 Å². The maximum absolute atomic E-state index is 12.1. The topological polar surface area (TPSA) is 52.7 Å². The summed E-state index contributed by atoms with van der Waals surface area (Å²) in [4.78, 5) is 27.6. The molecule has 0 aliphatic rings. The van der Waals surface area contributed by atoms with Crippen LogP contribution in [0.25, 0.3) is 0 Å². The molecule has 0 spiro atoms. The van der Waals surface area contributed by atoms with Gasteiger partial charge in [0.05, 0.1) is 15.2 Å². The number of likely N-dealkylation sites (N-methyl/N-ethyl adjacent to an activating group) is 3. The molecule has 0 radical (unpaired) electrons. The molecule has 0 aliphatic carbocycles. The average molecular weight is 348 g/mol. The van der Waals surface area contributed by atoms with Crippen LogP contribution >= 0.6 is 27.3 Å². The number of amides is 2. The third-order valence-electron chi connectivity index (χ3n) is 2.63. The summed E-state index contributed by atoms with van der Waals surface area (Å²) in [5.74, 6) is -0.201. The Labute approximate surface area is 125 Å². The largest absolute Gasteiger partial charge is 0.343 e. The molecule has 7 heteroatoms. The van der Waals surface area contributed by atoms with Gasteiger partial charge in [0.1, 0.15) is 0 Å². The molecule has 0 saturated heterocycles. The predicted octanol–water partition coefficient (Wildman–Crippen LogP) is 1.26. The number of rotatable bonds is 6. The Bertz CT molecular complexity index is 450. The van der Waals surface area contributed by atoms with Crippen LogP contribution in [-0.4, -0.2) is 62.4 Å². The van der Waals surface area contributed by atoms with E-state index in [2.05, 4.69) is 21.2 Å². The summed E-state index contributed by atoms with van der Waals surface area (Å²) >= 11 is 4.68. The van der Waals surface area contributed by atoms with E-state index in [1.54, 1.807) is 25.1 Å². The van der Waals surface area contributed by atoms with Crippen LogP contribution in [0.1, 0.15) is 9.67 Å². The first-order valence-electron chi connectivity index (χ1n) is 5.85. The summed E-state index contributed by atoms with van der Waals surface area (Å²) in [5.41, 5.74) is 0. The van der Waals surface area contributed by atoms with Crippen LogP contribution in [0.2, 0.25) is 0 Å². The zero-order valence-electron chi connectivity index (χ0n) is 11.3. The van der Waals surface area contributed by atoms with Crippen LogP contribution in [0, 0.1) is 0 Å². The van der Waals surface area contributed by atoms with Crippen molar-refractivity contribution >= 4 is 39.1 Å². The lowest BCUT2D eigenvalue weighted by molar-refractivity contribution is -0.130. The van der Waals surface area contributed by atoms with Gasteiger partial charge < -0.3 is 15.1 Å². The molecule has 106 valence electrons. The van der Waals surface area contributed by atoms with Crippen molar-refractivity contribution < 1.29 is 9.59 Å². The molecule has 1 N–H and O–H groups in total. The van der Waals surface area contributed by atoms with Gasteiger partial charge in [-0.2, -0.15) is 0 Å². The molecule has 0 atom stereocenters. The van der Waals surface area contributed by atoms with Gasteiger partial charge >= 0.3 is 0 Å². The monoisotopic (exact) mass is 347 g/mol. The van der Waals surface area contributed by atoms with Crippen molar-refractivity contribution in [1.29, 1.82) is 0 Å². The van der Waals surface area contributed by atoms with E-state index in [-0.39, 0.29) is 18.4 Å². The lowest BCUT2D eigenvalue weighted by Crippen LogP contribution is -2.41. The van der Waals surface area contributed by atoms with Gasteiger partial charge in [0.15, 0.2) is 0 Å². The molecule has 1 heterocycles. The van der Waals surface area contributed by atoms with Crippen molar-refractivity contribution in [2.75, 3.05) is 40.8 Å². The molecule has 0 aromatic carbocycles. The fourth-order valence-corrected chi connectivity index (χ4v) is 2.80. The lowest BCUT2D eigenvalue weighted by atomic mass is 10.4. The fourth-order valence-electron chi connectivity index (χ4n) is 1.42. The number of halogens is 1. The Hall–Kier alpha value is -0.920. The molecular formula is C12H18BrN3O2S. The van der Waals surface area contributed by atoms with Gasteiger partial charge in [-0.1, -0.05) is 0 Å². The number of nitrogens with one attached hydrogen (secondary N) is 1. The molecule has 0 saturated carbocycles. The fraction of sp³-hybridized carbons (Fsp3) is 0.500. The van der Waals surface area contributed by atoms with Crippen LogP contribution < -0.4 is 5.32 Å². The Morgan fingerprint density at radius 2 is 2.00 bits per heavy atom. The van der Waals surface area contributed by atoms with Crippen LogP contribution in [0.5, 0.6) is 0 Å². The summed E-state index contributed by atoms with van der Waals surface area (Å²) in [6.45, 7) is 1.45. The van der Waals surface area contributed by atoms with Gasteiger partial charge in [-0.05, 0) is 35.1 Å². The standard InChI is InChI=1S/C12H18BrN3O2S/c1-14-6-7-15(2)11(17)8-16(3)12(18)9-4-5-10(13)19-9/h4-5,14H,6-8H2,1-3H3. The number of carbonyl (C=O) groups is 2. The van der Waals surface area contributed by atoms with Gasteiger partial charge in [0.2, 0.25) is 5.91 Å². The Morgan fingerprint density at radius 1 is 1.32 bits per heavy atom. The molecule has 0 bridgehead atoms. The third kappa shape index (κ3) is 4.93. The second-order valence-electron chi connectivity index (χ2n) is 4.18. The Kier molecular flexibility index (Phi) is 6.47.